The molecule has 0 aliphatic heterocycles. The van der Waals surface area contributed by atoms with Gasteiger partial charge in [0.25, 0.3) is 5.91 Å². The fraction of sp³-hybridized carbons (Fsp3) is 0.0952. The van der Waals surface area contributed by atoms with Gasteiger partial charge in [0.15, 0.2) is 5.82 Å². The van der Waals surface area contributed by atoms with Crippen LogP contribution in [0.1, 0.15) is 51.4 Å². The predicted molar refractivity (Wildman–Crippen MR) is 194 cm³/mol. The topological polar surface area (TPSA) is 88.5 Å². The lowest BCUT2D eigenvalue weighted by Gasteiger charge is -2.37. The van der Waals surface area contributed by atoms with E-state index in [1.165, 1.54) is 0 Å². The van der Waals surface area contributed by atoms with Crippen LogP contribution in [0.4, 0.5) is 0 Å². The summed E-state index contributed by atoms with van der Waals surface area (Å²) in [5, 5.41) is 9.50. The van der Waals surface area contributed by atoms with E-state index in [2.05, 4.69) is 105 Å². The zero-order valence-corrected chi connectivity index (χ0v) is 27.2. The van der Waals surface area contributed by atoms with Gasteiger partial charge in [0.2, 0.25) is 0 Å². The normalized spacial score (nSPS) is 12.3. The molecule has 2 N–H and O–H groups in total. The second kappa shape index (κ2) is 12.4. The van der Waals surface area contributed by atoms with Gasteiger partial charge < -0.3 is 10.3 Å². The molecule has 0 spiro atoms. The Kier molecular flexibility index (Phi) is 7.57. The van der Waals surface area contributed by atoms with Crippen molar-refractivity contribution in [1.29, 1.82) is 0 Å². The number of nitrogens with one attached hydrogen (secondary N) is 2. The lowest BCUT2D eigenvalue weighted by molar-refractivity contribution is 0.0930. The van der Waals surface area contributed by atoms with E-state index >= 15 is 0 Å². The van der Waals surface area contributed by atoms with Crippen LogP contribution in [-0.2, 0) is 5.54 Å². The van der Waals surface area contributed by atoms with Crippen molar-refractivity contribution >= 4 is 27.8 Å². The molecule has 1 amide bonds. The summed E-state index contributed by atoms with van der Waals surface area (Å²) in [5.41, 5.74) is 8.57. The summed E-state index contributed by atoms with van der Waals surface area (Å²) in [4.78, 5) is 25.9. The van der Waals surface area contributed by atoms with E-state index in [1.54, 1.807) is 12.4 Å². The Labute approximate surface area is 284 Å². The third-order valence-corrected chi connectivity index (χ3v) is 9.23. The van der Waals surface area contributed by atoms with E-state index in [9.17, 15) is 4.79 Å². The second-order valence-corrected chi connectivity index (χ2v) is 12.4. The summed E-state index contributed by atoms with van der Waals surface area (Å²) in [7, 11) is 0. The van der Waals surface area contributed by atoms with Crippen LogP contribution >= 0.6 is 0 Å². The first-order valence-corrected chi connectivity index (χ1v) is 16.4. The van der Waals surface area contributed by atoms with Gasteiger partial charge in [-0.3, -0.25) is 9.78 Å². The summed E-state index contributed by atoms with van der Waals surface area (Å²) in [6.45, 7) is 4.03. The van der Waals surface area contributed by atoms with Crippen molar-refractivity contribution in [3.05, 3.63) is 186 Å². The summed E-state index contributed by atoms with van der Waals surface area (Å²) < 4.78 is 2.14. The van der Waals surface area contributed by atoms with Crippen LogP contribution < -0.4 is 5.32 Å². The van der Waals surface area contributed by atoms with Crippen LogP contribution in [0.3, 0.4) is 0 Å². The zero-order chi connectivity index (χ0) is 33.4. The monoisotopic (exact) mass is 638 g/mol. The number of carbonyl (C=O) groups excluding carboxylic acids is 1. The highest BCUT2D eigenvalue weighted by Crippen LogP contribution is 2.44. The summed E-state index contributed by atoms with van der Waals surface area (Å²) in [6.07, 6.45) is 3.56. The van der Waals surface area contributed by atoms with E-state index in [4.69, 9.17) is 10.1 Å². The molecule has 7 heteroatoms. The average molecular weight is 639 g/mol. The van der Waals surface area contributed by atoms with Crippen molar-refractivity contribution in [2.24, 2.45) is 0 Å². The van der Waals surface area contributed by atoms with E-state index in [0.29, 0.717) is 5.52 Å². The first kappa shape index (κ1) is 30.0. The zero-order valence-electron chi connectivity index (χ0n) is 27.2. The molecule has 0 saturated carbocycles. The fourth-order valence-corrected chi connectivity index (χ4v) is 6.90. The van der Waals surface area contributed by atoms with Gasteiger partial charge in [0.05, 0.1) is 22.6 Å². The van der Waals surface area contributed by atoms with Gasteiger partial charge >= 0.3 is 0 Å². The van der Waals surface area contributed by atoms with Crippen LogP contribution in [-0.4, -0.2) is 30.6 Å². The number of aromatic nitrogens is 5. The molecule has 0 bridgehead atoms. The lowest BCUT2D eigenvalue weighted by Crippen LogP contribution is -2.38. The van der Waals surface area contributed by atoms with Crippen LogP contribution in [0.2, 0.25) is 0 Å². The molecule has 5 aromatic carbocycles. The maximum absolute atomic E-state index is 13.6. The highest BCUT2D eigenvalue weighted by Gasteiger charge is 2.41. The van der Waals surface area contributed by atoms with E-state index in [-0.39, 0.29) is 17.8 Å². The Hall–Kier alpha value is -6.34. The molecule has 3 heterocycles. The Balaban J connectivity index is 1.37. The molecule has 1 unspecified atom stereocenters. The standard InChI is InChI=1S/C42H34N6O/c1-28-13-12-14-31(25-28)29(2)44-41(49)40-45-36-26-35-38(27-37(36)46-40)48(47-39(35)30-21-23-43-24-22-30)42(32-15-6-3-7-16-32,33-17-8-4-9-18-33)34-19-10-5-11-20-34/h3-27,29H,1-2H3,(H,44,49)(H,45,46). The minimum Gasteiger partial charge on any atom is -0.343 e. The minimum atomic E-state index is -0.843. The highest BCUT2D eigenvalue weighted by molar-refractivity contribution is 6.03. The van der Waals surface area contributed by atoms with E-state index in [1.807, 2.05) is 68.4 Å². The molecule has 0 radical (unpaired) electrons. The number of imidazole rings is 1. The summed E-state index contributed by atoms with van der Waals surface area (Å²) in [5.74, 6) is -0.00924. The van der Waals surface area contributed by atoms with Gasteiger partial charge in [-0.05, 0) is 60.4 Å². The summed E-state index contributed by atoms with van der Waals surface area (Å²) >= 11 is 0. The number of nitrogens with zero attached hydrogens (tertiary/aromatic N) is 4. The predicted octanol–water partition coefficient (Wildman–Crippen LogP) is 8.61. The molecule has 8 rings (SSSR count). The number of H-pyrrole nitrogens is 1. The molecule has 238 valence electrons. The highest BCUT2D eigenvalue weighted by atomic mass is 16.2. The quantitative estimate of drug-likeness (QED) is 0.163. The van der Waals surface area contributed by atoms with Crippen molar-refractivity contribution in [3.63, 3.8) is 0 Å². The number of hydrogen-bond acceptors (Lipinski definition) is 4. The smallest absolute Gasteiger partial charge is 0.287 e. The molecule has 49 heavy (non-hydrogen) atoms. The first-order valence-electron chi connectivity index (χ1n) is 16.4. The number of pyridine rings is 1. The number of benzene rings is 5. The molecule has 0 saturated heterocycles. The molecule has 8 aromatic rings. The number of fused-ring (bicyclic) bond motifs is 2. The largest absolute Gasteiger partial charge is 0.343 e. The third kappa shape index (κ3) is 5.26. The molecule has 0 fully saturated rings. The Morgan fingerprint density at radius 3 is 1.96 bits per heavy atom. The van der Waals surface area contributed by atoms with Gasteiger partial charge in [-0.1, -0.05) is 121 Å². The van der Waals surface area contributed by atoms with Gasteiger partial charge in [-0.25, -0.2) is 9.67 Å². The Bertz CT molecular complexity index is 2300. The number of amides is 1. The van der Waals surface area contributed by atoms with Crippen molar-refractivity contribution in [3.8, 4) is 11.3 Å². The molecular weight excluding hydrogens is 605 g/mol. The molecule has 7 nitrogen and oxygen atoms in total. The number of aryl methyl sites for hydroxylation is 1. The van der Waals surface area contributed by atoms with Gasteiger partial charge in [0, 0.05) is 23.3 Å². The van der Waals surface area contributed by atoms with Crippen molar-refractivity contribution < 1.29 is 4.79 Å². The Morgan fingerprint density at radius 2 is 1.37 bits per heavy atom. The van der Waals surface area contributed by atoms with E-state index in [0.717, 1.165) is 55.5 Å². The minimum absolute atomic E-state index is 0.185. The van der Waals surface area contributed by atoms with E-state index < -0.39 is 5.54 Å². The average Bonchev–Trinajstić information content (AvgIpc) is 3.74. The molecule has 0 aliphatic carbocycles. The number of aromatic amines is 1. The molecule has 3 aromatic heterocycles. The Morgan fingerprint density at radius 1 is 0.755 bits per heavy atom. The van der Waals surface area contributed by atoms with Crippen LogP contribution in [0.15, 0.2) is 152 Å². The lowest BCUT2D eigenvalue weighted by atomic mass is 9.77. The van der Waals surface area contributed by atoms with Crippen molar-refractivity contribution in [1.82, 2.24) is 30.0 Å². The molecule has 0 aliphatic rings. The second-order valence-electron chi connectivity index (χ2n) is 12.4. The molecular formula is C42H34N6O. The van der Waals surface area contributed by atoms with Gasteiger partial charge in [-0.15, -0.1) is 0 Å². The van der Waals surface area contributed by atoms with Crippen LogP contribution in [0.5, 0.6) is 0 Å². The maximum Gasteiger partial charge on any atom is 0.287 e. The van der Waals surface area contributed by atoms with Crippen molar-refractivity contribution in [2.45, 2.75) is 25.4 Å². The van der Waals surface area contributed by atoms with Crippen LogP contribution in [0.25, 0.3) is 33.2 Å². The number of hydrogen-bond donors (Lipinski definition) is 2. The molecule has 1 atom stereocenters. The third-order valence-electron chi connectivity index (χ3n) is 9.23. The number of carbonyl (C=O) groups is 1. The first-order chi connectivity index (χ1) is 24.0. The SMILES string of the molecule is Cc1cccc(C(C)NC(=O)c2nc3cc4c(-c5ccncc5)nn(C(c5ccccc5)(c5ccccc5)c5ccccc5)c4cc3[nH]2)c1. The van der Waals surface area contributed by atoms with Crippen LogP contribution in [0, 0.1) is 6.92 Å². The summed E-state index contributed by atoms with van der Waals surface area (Å²) in [6, 6.07) is 47.5. The number of rotatable bonds is 8. The van der Waals surface area contributed by atoms with Gasteiger partial charge in [0.1, 0.15) is 11.2 Å². The fourth-order valence-electron chi connectivity index (χ4n) is 6.90. The van der Waals surface area contributed by atoms with Gasteiger partial charge in [-0.2, -0.15) is 5.10 Å². The maximum atomic E-state index is 13.6. The van der Waals surface area contributed by atoms with Crippen molar-refractivity contribution in [2.75, 3.05) is 0 Å².